The molecule has 0 radical (unpaired) electrons. The summed E-state index contributed by atoms with van der Waals surface area (Å²) in [6.45, 7) is 7.78. The Labute approximate surface area is 66.3 Å². The molecule has 0 saturated heterocycles. The topological polar surface area (TPSA) is 17.1 Å². The fraction of sp³-hybridized carbons (Fsp3) is 1.00. The maximum atomic E-state index is 10.7. The summed E-state index contributed by atoms with van der Waals surface area (Å²) in [6, 6.07) is 0. The van der Waals surface area contributed by atoms with Gasteiger partial charge in [0.15, 0.2) is 0 Å². The summed E-state index contributed by atoms with van der Waals surface area (Å²) in [7, 11) is -1.30. The van der Waals surface area contributed by atoms with E-state index in [1.54, 1.807) is 6.66 Å². The van der Waals surface area contributed by atoms with E-state index in [0.717, 1.165) is 0 Å². The van der Waals surface area contributed by atoms with Crippen molar-refractivity contribution in [1.82, 2.24) is 0 Å². The van der Waals surface area contributed by atoms with Crippen LogP contribution in [-0.4, -0.2) is 11.8 Å². The first kappa shape index (κ1) is 11.7. The summed E-state index contributed by atoms with van der Waals surface area (Å²) in [6.07, 6.45) is 0. The van der Waals surface area contributed by atoms with Gasteiger partial charge in [0.05, 0.1) is 7.80 Å². The zero-order chi connectivity index (χ0) is 6.08. The van der Waals surface area contributed by atoms with Crippen LogP contribution in [0.5, 0.6) is 0 Å². The van der Waals surface area contributed by atoms with Crippen LogP contribution in [0.1, 0.15) is 20.8 Å². The number of hydrogen-bond donors (Lipinski definition) is 0. The molecule has 1 atom stereocenters. The van der Waals surface area contributed by atoms with E-state index in [0.29, 0.717) is 0 Å². The van der Waals surface area contributed by atoms with Gasteiger partial charge in [0.1, 0.15) is 0 Å². The van der Waals surface area contributed by atoms with E-state index in [9.17, 15) is 4.57 Å². The Morgan fingerprint density at radius 3 is 1.38 bits per heavy atom. The number of hydrogen-bond acceptors (Lipinski definition) is 1. The van der Waals surface area contributed by atoms with Gasteiger partial charge in [0.25, 0.3) is 0 Å². The zero-order valence-corrected chi connectivity index (χ0v) is 8.82. The van der Waals surface area contributed by atoms with Crippen molar-refractivity contribution in [2.45, 2.75) is 25.9 Å². The molecule has 0 spiro atoms. The monoisotopic (exact) mass is 218 g/mol. The molecule has 8 heavy (non-hydrogen) atoms. The van der Waals surface area contributed by atoms with Crippen molar-refractivity contribution < 1.29 is 25.6 Å². The van der Waals surface area contributed by atoms with Gasteiger partial charge in [-0.2, -0.15) is 0 Å². The Morgan fingerprint density at radius 1 is 1.25 bits per heavy atom. The molecule has 1 unspecified atom stereocenters. The molecule has 0 amide bonds. The molecule has 0 aromatic heterocycles. The Morgan fingerprint density at radius 2 is 1.38 bits per heavy atom. The van der Waals surface area contributed by atoms with Gasteiger partial charge in [-0.05, 0) is 6.66 Å². The Balaban J connectivity index is 0. The van der Waals surface area contributed by atoms with Crippen molar-refractivity contribution in [3.05, 3.63) is 0 Å². The molecule has 0 aliphatic rings. The summed E-state index contributed by atoms with van der Waals surface area (Å²) in [5.74, 6) is 0. The van der Waals surface area contributed by atoms with Crippen LogP contribution < -0.4 is 0 Å². The van der Waals surface area contributed by atoms with Crippen LogP contribution in [0.4, 0.5) is 0 Å². The fourth-order valence-electron chi connectivity index (χ4n) is 0. The Bertz CT molecular complexity index is 84.9. The molecule has 0 fully saturated rings. The second-order valence-electron chi connectivity index (χ2n) is 2.81. The van der Waals surface area contributed by atoms with Crippen LogP contribution in [0.25, 0.3) is 0 Å². The molecule has 0 N–H and O–H groups in total. The van der Waals surface area contributed by atoms with E-state index >= 15 is 0 Å². The van der Waals surface area contributed by atoms with E-state index in [2.05, 4.69) is 0 Å². The van der Waals surface area contributed by atoms with E-state index in [4.69, 9.17) is 0 Å². The van der Waals surface area contributed by atoms with Crippen LogP contribution in [-0.2, 0) is 25.6 Å². The standard InChI is InChI=1S/C5H13OP.Mo/c1-5(2,3)7(4)6;/h7H,1-4H3;. The van der Waals surface area contributed by atoms with Gasteiger partial charge in [-0.15, -0.1) is 0 Å². The molecule has 0 rings (SSSR count). The summed E-state index contributed by atoms with van der Waals surface area (Å²) in [5.41, 5.74) is 0. The quantitative estimate of drug-likeness (QED) is 0.447. The molecule has 3 heteroatoms. The predicted molar refractivity (Wildman–Crippen MR) is 34.7 cm³/mol. The minimum atomic E-state index is -1.30. The summed E-state index contributed by atoms with van der Waals surface area (Å²) in [4.78, 5) is 0. The molecule has 0 bridgehead atoms. The minimum Gasteiger partial charge on any atom is -0.327 e. The Kier molecular flexibility index (Phi) is 5.63. The van der Waals surface area contributed by atoms with E-state index < -0.39 is 7.80 Å². The molecule has 50 valence electrons. The fourth-order valence-corrected chi connectivity index (χ4v) is 0. The van der Waals surface area contributed by atoms with Gasteiger partial charge < -0.3 is 4.57 Å². The van der Waals surface area contributed by atoms with Gasteiger partial charge in [0.2, 0.25) is 0 Å². The average Bonchev–Trinajstić information content (AvgIpc) is 1.31. The van der Waals surface area contributed by atoms with E-state index in [-0.39, 0.29) is 26.2 Å². The molecule has 0 aromatic carbocycles. The third-order valence-corrected chi connectivity index (χ3v) is 3.17. The molecule has 0 aliphatic carbocycles. The normalized spacial score (nSPS) is 14.5. The molecular formula is C5H13MoOP. The first-order valence-electron chi connectivity index (χ1n) is 2.45. The summed E-state index contributed by atoms with van der Waals surface area (Å²) < 4.78 is 10.7. The SMILES string of the molecule is C[PH](=O)C(C)(C)C.[Mo]. The molecule has 1 nitrogen and oxygen atoms in total. The van der Waals surface area contributed by atoms with Crippen LogP contribution >= 0.6 is 7.80 Å². The van der Waals surface area contributed by atoms with Crippen molar-refractivity contribution >= 4 is 7.80 Å². The minimum absolute atomic E-state index is 0. The molecular weight excluding hydrogens is 203 g/mol. The predicted octanol–water partition coefficient (Wildman–Crippen LogP) is 1.97. The summed E-state index contributed by atoms with van der Waals surface area (Å²) in [5, 5.41) is 0.0463. The van der Waals surface area contributed by atoms with Crippen molar-refractivity contribution in [3.63, 3.8) is 0 Å². The van der Waals surface area contributed by atoms with Crippen LogP contribution in [0.2, 0.25) is 0 Å². The molecule has 0 heterocycles. The smallest absolute Gasteiger partial charge is 0.0783 e. The van der Waals surface area contributed by atoms with Crippen molar-refractivity contribution in [2.24, 2.45) is 0 Å². The average molecular weight is 216 g/mol. The first-order chi connectivity index (χ1) is 2.94. The van der Waals surface area contributed by atoms with Gasteiger partial charge in [-0.1, -0.05) is 20.8 Å². The van der Waals surface area contributed by atoms with Crippen molar-refractivity contribution in [1.29, 1.82) is 0 Å². The maximum Gasteiger partial charge on any atom is 0.0783 e. The van der Waals surface area contributed by atoms with E-state index in [1.165, 1.54) is 0 Å². The largest absolute Gasteiger partial charge is 0.327 e. The second-order valence-corrected chi connectivity index (χ2v) is 5.42. The third kappa shape index (κ3) is 5.06. The van der Waals surface area contributed by atoms with Crippen molar-refractivity contribution in [2.75, 3.05) is 6.66 Å². The Hall–Kier alpha value is 0.918. The van der Waals surface area contributed by atoms with Gasteiger partial charge >= 0.3 is 0 Å². The summed E-state index contributed by atoms with van der Waals surface area (Å²) >= 11 is 0. The van der Waals surface area contributed by atoms with Crippen LogP contribution in [0.15, 0.2) is 0 Å². The molecule has 0 aromatic rings. The molecule has 0 saturated carbocycles. The van der Waals surface area contributed by atoms with Crippen molar-refractivity contribution in [3.8, 4) is 0 Å². The van der Waals surface area contributed by atoms with Gasteiger partial charge in [0, 0.05) is 26.2 Å². The molecule has 0 aliphatic heterocycles. The third-order valence-electron chi connectivity index (χ3n) is 1.06. The zero-order valence-electron chi connectivity index (χ0n) is 5.82. The number of rotatable bonds is 0. The first-order valence-corrected chi connectivity index (χ1v) is 4.36. The van der Waals surface area contributed by atoms with Crippen LogP contribution in [0.3, 0.4) is 0 Å². The van der Waals surface area contributed by atoms with Gasteiger partial charge in [-0.25, -0.2) is 0 Å². The van der Waals surface area contributed by atoms with E-state index in [1.807, 2.05) is 20.8 Å². The van der Waals surface area contributed by atoms with Crippen LogP contribution in [0, 0.1) is 0 Å². The second kappa shape index (κ2) is 3.85. The van der Waals surface area contributed by atoms with Gasteiger partial charge in [-0.3, -0.25) is 0 Å². The maximum absolute atomic E-state index is 10.7.